The average molecular weight is 204 g/mol. The maximum absolute atomic E-state index is 5.54. The number of nitrogens with two attached hydrogens (primary N) is 1. The van der Waals surface area contributed by atoms with Crippen molar-refractivity contribution in [3.63, 3.8) is 0 Å². The van der Waals surface area contributed by atoms with Crippen molar-refractivity contribution in [2.75, 3.05) is 0 Å². The monoisotopic (exact) mass is 204 g/mol. The van der Waals surface area contributed by atoms with Crippen LogP contribution in [0.15, 0.2) is 24.3 Å². The Kier molecular flexibility index (Phi) is 3.39. The lowest BCUT2D eigenvalue weighted by atomic mass is 9.79. The van der Waals surface area contributed by atoms with Crippen molar-refractivity contribution < 1.29 is 0 Å². The first-order valence-electron chi connectivity index (χ1n) is 5.91. The molecule has 0 radical (unpaired) electrons. The van der Waals surface area contributed by atoms with Crippen LogP contribution in [-0.2, 0) is 0 Å². The summed E-state index contributed by atoms with van der Waals surface area (Å²) in [4.78, 5) is 0. The summed E-state index contributed by atoms with van der Waals surface area (Å²) in [5.74, 6) is 6.34. The van der Waals surface area contributed by atoms with Gasteiger partial charge < -0.3 is 0 Å². The Bertz CT molecular complexity index is 314. The highest BCUT2D eigenvalue weighted by atomic mass is 15.2. The zero-order valence-electron chi connectivity index (χ0n) is 9.37. The second-order valence-electron chi connectivity index (χ2n) is 4.43. The molecule has 1 fully saturated rings. The summed E-state index contributed by atoms with van der Waals surface area (Å²) in [6, 6.07) is 9.18. The largest absolute Gasteiger partial charge is 0.271 e. The van der Waals surface area contributed by atoms with Crippen LogP contribution in [0.4, 0.5) is 0 Å². The molecule has 1 aromatic rings. The average Bonchev–Trinajstić information content (AvgIpc) is 2.18. The maximum atomic E-state index is 5.54. The summed E-state index contributed by atoms with van der Waals surface area (Å²) in [6.07, 6.45) is 5.14. The molecule has 2 rings (SSSR count). The SMILES string of the molecule is CCC(NN)c1cccc(C2CCC2)c1. The standard InChI is InChI=1S/C13H20N2/c1-2-13(15-14)12-8-4-7-11(9-12)10-5-3-6-10/h4,7-10,13,15H,2-3,5-6,14H2,1H3. The molecule has 0 heterocycles. The van der Waals surface area contributed by atoms with E-state index in [9.17, 15) is 0 Å². The van der Waals surface area contributed by atoms with Gasteiger partial charge in [-0.25, -0.2) is 0 Å². The number of hydrogen-bond acceptors (Lipinski definition) is 2. The van der Waals surface area contributed by atoms with Crippen LogP contribution in [0, 0.1) is 0 Å². The van der Waals surface area contributed by atoms with Crippen molar-refractivity contribution in [2.45, 2.75) is 44.6 Å². The molecule has 1 atom stereocenters. The third-order valence-corrected chi connectivity index (χ3v) is 3.50. The highest BCUT2D eigenvalue weighted by Crippen LogP contribution is 2.37. The molecule has 3 N–H and O–H groups in total. The van der Waals surface area contributed by atoms with E-state index in [-0.39, 0.29) is 0 Å². The minimum absolute atomic E-state index is 0.296. The van der Waals surface area contributed by atoms with Crippen LogP contribution in [0.1, 0.15) is 55.7 Å². The maximum Gasteiger partial charge on any atom is 0.0457 e. The fourth-order valence-electron chi connectivity index (χ4n) is 2.22. The zero-order valence-corrected chi connectivity index (χ0v) is 9.37. The quantitative estimate of drug-likeness (QED) is 0.584. The fourth-order valence-corrected chi connectivity index (χ4v) is 2.22. The predicted octanol–water partition coefficient (Wildman–Crippen LogP) is 2.87. The van der Waals surface area contributed by atoms with Crippen LogP contribution in [0.2, 0.25) is 0 Å². The van der Waals surface area contributed by atoms with E-state index >= 15 is 0 Å². The molecule has 2 nitrogen and oxygen atoms in total. The van der Waals surface area contributed by atoms with Gasteiger partial charge in [0.2, 0.25) is 0 Å². The lowest BCUT2D eigenvalue weighted by molar-refractivity contribution is 0.418. The van der Waals surface area contributed by atoms with Crippen molar-refractivity contribution >= 4 is 0 Å². The molecular weight excluding hydrogens is 184 g/mol. The molecular formula is C13H20N2. The van der Waals surface area contributed by atoms with Gasteiger partial charge in [-0.3, -0.25) is 11.3 Å². The van der Waals surface area contributed by atoms with E-state index < -0.39 is 0 Å². The van der Waals surface area contributed by atoms with Crippen LogP contribution >= 0.6 is 0 Å². The molecule has 15 heavy (non-hydrogen) atoms. The molecule has 0 amide bonds. The third-order valence-electron chi connectivity index (χ3n) is 3.50. The topological polar surface area (TPSA) is 38.0 Å². The molecule has 0 aliphatic heterocycles. The Labute approximate surface area is 91.8 Å². The molecule has 0 spiro atoms. The van der Waals surface area contributed by atoms with E-state index in [0.29, 0.717) is 6.04 Å². The van der Waals surface area contributed by atoms with Crippen molar-refractivity contribution in [1.82, 2.24) is 5.43 Å². The van der Waals surface area contributed by atoms with Gasteiger partial charge >= 0.3 is 0 Å². The Morgan fingerprint density at radius 2 is 2.27 bits per heavy atom. The molecule has 1 aliphatic carbocycles. The molecule has 1 aliphatic rings. The van der Waals surface area contributed by atoms with Crippen molar-refractivity contribution in [2.24, 2.45) is 5.84 Å². The van der Waals surface area contributed by atoms with E-state index in [0.717, 1.165) is 12.3 Å². The van der Waals surface area contributed by atoms with Crippen LogP contribution in [0.3, 0.4) is 0 Å². The minimum Gasteiger partial charge on any atom is -0.271 e. The third kappa shape index (κ3) is 2.21. The smallest absolute Gasteiger partial charge is 0.0457 e. The molecule has 0 saturated heterocycles. The summed E-state index contributed by atoms with van der Waals surface area (Å²) in [5, 5.41) is 0. The number of nitrogens with one attached hydrogen (secondary N) is 1. The van der Waals surface area contributed by atoms with Crippen LogP contribution in [-0.4, -0.2) is 0 Å². The molecule has 82 valence electrons. The van der Waals surface area contributed by atoms with E-state index in [1.165, 1.54) is 30.4 Å². The summed E-state index contributed by atoms with van der Waals surface area (Å²) in [7, 11) is 0. The number of hydrazine groups is 1. The van der Waals surface area contributed by atoms with Gasteiger partial charge in [-0.2, -0.15) is 0 Å². The molecule has 2 heteroatoms. The van der Waals surface area contributed by atoms with Gasteiger partial charge in [0.25, 0.3) is 0 Å². The fraction of sp³-hybridized carbons (Fsp3) is 0.538. The Morgan fingerprint density at radius 1 is 1.47 bits per heavy atom. The van der Waals surface area contributed by atoms with Crippen molar-refractivity contribution in [3.8, 4) is 0 Å². The van der Waals surface area contributed by atoms with Crippen molar-refractivity contribution in [3.05, 3.63) is 35.4 Å². The first-order chi connectivity index (χ1) is 7.35. The first kappa shape index (κ1) is 10.7. The summed E-state index contributed by atoms with van der Waals surface area (Å²) in [6.45, 7) is 2.15. The molecule has 1 unspecified atom stereocenters. The lowest BCUT2D eigenvalue weighted by Gasteiger charge is -2.27. The van der Waals surface area contributed by atoms with Gasteiger partial charge in [0, 0.05) is 6.04 Å². The summed E-state index contributed by atoms with van der Waals surface area (Å²) < 4.78 is 0. The highest BCUT2D eigenvalue weighted by molar-refractivity contribution is 5.29. The van der Waals surface area contributed by atoms with Crippen LogP contribution in [0.25, 0.3) is 0 Å². The van der Waals surface area contributed by atoms with E-state index in [4.69, 9.17) is 5.84 Å². The number of hydrogen-bond donors (Lipinski definition) is 2. The Morgan fingerprint density at radius 3 is 2.80 bits per heavy atom. The number of rotatable bonds is 4. The normalized spacial score (nSPS) is 18.5. The highest BCUT2D eigenvalue weighted by Gasteiger charge is 2.20. The Hall–Kier alpha value is -0.860. The second-order valence-corrected chi connectivity index (χ2v) is 4.43. The van der Waals surface area contributed by atoms with Gasteiger partial charge in [-0.05, 0) is 36.3 Å². The van der Waals surface area contributed by atoms with E-state index in [1.807, 2.05) is 0 Å². The summed E-state index contributed by atoms with van der Waals surface area (Å²) >= 11 is 0. The lowest BCUT2D eigenvalue weighted by Crippen LogP contribution is -2.27. The van der Waals surface area contributed by atoms with Gasteiger partial charge in [-0.15, -0.1) is 0 Å². The first-order valence-corrected chi connectivity index (χ1v) is 5.91. The second kappa shape index (κ2) is 4.77. The van der Waals surface area contributed by atoms with Crippen LogP contribution in [0.5, 0.6) is 0 Å². The zero-order chi connectivity index (χ0) is 10.7. The van der Waals surface area contributed by atoms with Crippen LogP contribution < -0.4 is 11.3 Å². The van der Waals surface area contributed by atoms with Gasteiger partial charge in [0.05, 0.1) is 0 Å². The van der Waals surface area contributed by atoms with Crippen molar-refractivity contribution in [1.29, 1.82) is 0 Å². The molecule has 1 saturated carbocycles. The molecule has 1 aromatic carbocycles. The molecule has 0 aromatic heterocycles. The van der Waals surface area contributed by atoms with Gasteiger partial charge in [-0.1, -0.05) is 37.6 Å². The van der Waals surface area contributed by atoms with E-state index in [1.54, 1.807) is 0 Å². The van der Waals surface area contributed by atoms with Gasteiger partial charge in [0.15, 0.2) is 0 Å². The van der Waals surface area contributed by atoms with Gasteiger partial charge in [0.1, 0.15) is 0 Å². The van der Waals surface area contributed by atoms with E-state index in [2.05, 4.69) is 36.6 Å². The molecule has 0 bridgehead atoms. The minimum atomic E-state index is 0.296. The predicted molar refractivity (Wildman–Crippen MR) is 63.4 cm³/mol. The Balaban J connectivity index is 2.17. The number of benzene rings is 1. The summed E-state index contributed by atoms with van der Waals surface area (Å²) in [5.41, 5.74) is 5.69.